The summed E-state index contributed by atoms with van der Waals surface area (Å²) in [5.74, 6) is -2.13. The first-order valence-corrected chi connectivity index (χ1v) is 20.4. The quantitative estimate of drug-likeness (QED) is 0.0569. The van der Waals surface area contributed by atoms with E-state index in [1.54, 1.807) is 0 Å². The van der Waals surface area contributed by atoms with Crippen LogP contribution in [0.25, 0.3) is 0 Å². The van der Waals surface area contributed by atoms with Crippen molar-refractivity contribution >= 4 is 17.3 Å². The van der Waals surface area contributed by atoms with E-state index in [-0.39, 0.29) is 19.3 Å². The van der Waals surface area contributed by atoms with Gasteiger partial charge in [-0.2, -0.15) is 0 Å². The Balaban J connectivity index is 4.91. The summed E-state index contributed by atoms with van der Waals surface area (Å²) in [5.41, 5.74) is -2.79. The van der Waals surface area contributed by atoms with Crippen LogP contribution in [0.1, 0.15) is 226 Å². The molecule has 278 valence electrons. The van der Waals surface area contributed by atoms with E-state index in [4.69, 9.17) is 0 Å². The van der Waals surface area contributed by atoms with Crippen LogP contribution in [0.2, 0.25) is 0 Å². The molecule has 0 bridgehead atoms. The molecule has 0 spiro atoms. The highest BCUT2D eigenvalue weighted by atomic mass is 16.4. The van der Waals surface area contributed by atoms with Gasteiger partial charge in [0.1, 0.15) is 0 Å². The number of hydrogen-bond acceptors (Lipinski definition) is 6. The minimum absolute atomic E-state index is 0.0181. The van der Waals surface area contributed by atoms with E-state index in [0.29, 0.717) is 19.3 Å². The smallest absolute Gasteiger partial charge is 0.189 e. The number of unbranched alkanes of at least 4 members (excludes halogenated alkanes) is 26. The lowest BCUT2D eigenvalue weighted by Crippen LogP contribution is -2.63. The average Bonchev–Trinajstić information content (AvgIpc) is 3.07. The number of aliphatic hydroxyl groups is 3. The van der Waals surface area contributed by atoms with Gasteiger partial charge >= 0.3 is 0 Å². The summed E-state index contributed by atoms with van der Waals surface area (Å²) in [6.07, 6.45) is 27.2. The third kappa shape index (κ3) is 23.0. The van der Waals surface area contributed by atoms with Crippen LogP contribution in [0.4, 0.5) is 0 Å². The Morgan fingerprint density at radius 2 is 0.596 bits per heavy atom. The number of rotatable bonds is 37. The van der Waals surface area contributed by atoms with Gasteiger partial charge in [-0.1, -0.05) is 188 Å². The van der Waals surface area contributed by atoms with Gasteiger partial charge < -0.3 is 15.3 Å². The molecule has 0 aliphatic rings. The first kappa shape index (κ1) is 45.9. The molecule has 0 aliphatic heterocycles. The van der Waals surface area contributed by atoms with Crippen LogP contribution in [0.5, 0.6) is 0 Å². The van der Waals surface area contributed by atoms with Crippen molar-refractivity contribution in [2.45, 2.75) is 244 Å². The molecule has 3 N–H and O–H groups in total. The van der Waals surface area contributed by atoms with Crippen molar-refractivity contribution in [3.8, 4) is 0 Å². The molecule has 0 aliphatic carbocycles. The number of carbonyl (C=O) groups is 3. The van der Waals surface area contributed by atoms with E-state index in [1.165, 1.54) is 109 Å². The van der Waals surface area contributed by atoms with Gasteiger partial charge in [0.25, 0.3) is 0 Å². The standard InChI is InChI=1S/C41H78O6/c1-4-7-10-13-16-19-20-23-26-29-32-35-38(44)41(47,39(45)36(42)33-30-27-24-21-17-14-11-8-5-2)40(46)37(43)34-31-28-25-22-18-15-12-9-6-3/h39-40,45-47H,4-35H2,1-3H3. The molecule has 2 atom stereocenters. The molecule has 6 heteroatoms. The third-order valence-electron chi connectivity index (χ3n) is 9.95. The van der Waals surface area contributed by atoms with E-state index in [9.17, 15) is 29.7 Å². The maximum absolute atomic E-state index is 13.4. The molecule has 0 aromatic rings. The molecule has 0 saturated carbocycles. The Hall–Kier alpha value is -1.11. The largest absolute Gasteiger partial charge is 0.382 e. The lowest BCUT2D eigenvalue weighted by Gasteiger charge is -2.34. The van der Waals surface area contributed by atoms with E-state index in [0.717, 1.165) is 57.8 Å². The third-order valence-corrected chi connectivity index (χ3v) is 9.95. The van der Waals surface area contributed by atoms with Gasteiger partial charge in [0, 0.05) is 19.3 Å². The first-order valence-electron chi connectivity index (χ1n) is 20.4. The number of ketones is 3. The van der Waals surface area contributed by atoms with Crippen LogP contribution in [-0.2, 0) is 14.4 Å². The molecule has 0 amide bonds. The van der Waals surface area contributed by atoms with Crippen molar-refractivity contribution in [2.75, 3.05) is 0 Å². The van der Waals surface area contributed by atoms with Crippen molar-refractivity contribution in [1.82, 2.24) is 0 Å². The molecule has 0 radical (unpaired) electrons. The first-order chi connectivity index (χ1) is 22.8. The summed E-state index contributed by atoms with van der Waals surface area (Å²) in [4.78, 5) is 39.4. The lowest BCUT2D eigenvalue weighted by atomic mass is 9.78. The Morgan fingerprint density at radius 3 is 0.851 bits per heavy atom. The molecular formula is C41H78O6. The molecule has 0 aromatic carbocycles. The highest BCUT2D eigenvalue weighted by molar-refractivity contribution is 6.01. The topological polar surface area (TPSA) is 112 Å². The van der Waals surface area contributed by atoms with Crippen molar-refractivity contribution in [2.24, 2.45) is 0 Å². The van der Waals surface area contributed by atoms with Crippen molar-refractivity contribution in [3.63, 3.8) is 0 Å². The summed E-state index contributed by atoms with van der Waals surface area (Å²) in [6.45, 7) is 6.62. The van der Waals surface area contributed by atoms with E-state index in [2.05, 4.69) is 20.8 Å². The molecule has 6 nitrogen and oxygen atoms in total. The van der Waals surface area contributed by atoms with E-state index < -0.39 is 35.2 Å². The second-order valence-electron chi connectivity index (χ2n) is 14.4. The number of Topliss-reactive ketones (excluding diaryl/α,β-unsaturated/α-hetero) is 3. The van der Waals surface area contributed by atoms with Gasteiger partial charge in [-0.25, -0.2) is 0 Å². The van der Waals surface area contributed by atoms with Gasteiger partial charge in [0.15, 0.2) is 35.2 Å². The SMILES string of the molecule is CCCCCCCCCCCCCC(=O)C(O)(C(O)C(=O)CCCCCCCCCCC)C(O)C(=O)CCCCCCCCCCC. The highest BCUT2D eigenvalue weighted by Gasteiger charge is 2.53. The molecular weight excluding hydrogens is 588 g/mol. The average molecular weight is 667 g/mol. The van der Waals surface area contributed by atoms with Gasteiger partial charge in [-0.3, -0.25) is 14.4 Å². The van der Waals surface area contributed by atoms with Crippen LogP contribution in [-0.4, -0.2) is 50.5 Å². The summed E-state index contributed by atoms with van der Waals surface area (Å²) in [7, 11) is 0. The number of hydrogen-bond donors (Lipinski definition) is 3. The monoisotopic (exact) mass is 667 g/mol. The van der Waals surface area contributed by atoms with Crippen LogP contribution >= 0.6 is 0 Å². The molecule has 0 heterocycles. The Labute approximate surface area is 290 Å². The zero-order chi connectivity index (χ0) is 35.0. The second kappa shape index (κ2) is 32.1. The van der Waals surface area contributed by atoms with Crippen LogP contribution < -0.4 is 0 Å². The van der Waals surface area contributed by atoms with Crippen LogP contribution in [0.3, 0.4) is 0 Å². The molecule has 0 fully saturated rings. The maximum Gasteiger partial charge on any atom is 0.189 e. The zero-order valence-corrected chi connectivity index (χ0v) is 31.3. The minimum atomic E-state index is -2.79. The predicted molar refractivity (Wildman–Crippen MR) is 197 cm³/mol. The van der Waals surface area contributed by atoms with Crippen molar-refractivity contribution < 1.29 is 29.7 Å². The second-order valence-corrected chi connectivity index (χ2v) is 14.4. The summed E-state index contributed by atoms with van der Waals surface area (Å²) >= 11 is 0. The Morgan fingerprint density at radius 1 is 0.383 bits per heavy atom. The zero-order valence-electron chi connectivity index (χ0n) is 31.3. The summed E-state index contributed by atoms with van der Waals surface area (Å²) < 4.78 is 0. The summed E-state index contributed by atoms with van der Waals surface area (Å²) in [5, 5.41) is 33.6. The molecule has 0 aromatic heterocycles. The van der Waals surface area contributed by atoms with Crippen LogP contribution in [0, 0.1) is 0 Å². The fourth-order valence-electron chi connectivity index (χ4n) is 6.59. The van der Waals surface area contributed by atoms with E-state index >= 15 is 0 Å². The normalized spacial score (nSPS) is 14.2. The molecule has 2 unspecified atom stereocenters. The number of carbonyl (C=O) groups excluding carboxylic acids is 3. The van der Waals surface area contributed by atoms with Gasteiger partial charge in [-0.15, -0.1) is 0 Å². The molecule has 47 heavy (non-hydrogen) atoms. The van der Waals surface area contributed by atoms with Crippen LogP contribution in [0.15, 0.2) is 0 Å². The Bertz CT molecular complexity index is 710. The Kier molecular flexibility index (Phi) is 31.4. The van der Waals surface area contributed by atoms with Crippen molar-refractivity contribution in [1.29, 1.82) is 0 Å². The van der Waals surface area contributed by atoms with Gasteiger partial charge in [0.2, 0.25) is 0 Å². The lowest BCUT2D eigenvalue weighted by molar-refractivity contribution is -0.181. The molecule has 0 rings (SSSR count). The highest BCUT2D eigenvalue weighted by Crippen LogP contribution is 2.26. The minimum Gasteiger partial charge on any atom is -0.382 e. The number of aliphatic hydroxyl groups excluding tert-OH is 2. The fraction of sp³-hybridized carbons (Fsp3) is 0.927. The maximum atomic E-state index is 13.4. The van der Waals surface area contributed by atoms with Crippen molar-refractivity contribution in [3.05, 3.63) is 0 Å². The van der Waals surface area contributed by atoms with Gasteiger partial charge in [-0.05, 0) is 19.3 Å². The van der Waals surface area contributed by atoms with Gasteiger partial charge in [0.05, 0.1) is 0 Å². The summed E-state index contributed by atoms with van der Waals surface area (Å²) in [6, 6.07) is 0. The fourth-order valence-corrected chi connectivity index (χ4v) is 6.59. The van der Waals surface area contributed by atoms with E-state index in [1.807, 2.05) is 0 Å². The predicted octanol–water partition coefficient (Wildman–Crippen LogP) is 10.7. The molecule has 0 saturated heterocycles.